The fourth-order valence-electron chi connectivity index (χ4n) is 0.487. The van der Waals surface area contributed by atoms with Gasteiger partial charge in [-0.1, -0.05) is 29.7 Å². The molecule has 0 N–H and O–H groups in total. The molecule has 0 unspecified atom stereocenters. The van der Waals surface area contributed by atoms with Crippen LogP contribution in [0.15, 0.2) is 0 Å². The van der Waals surface area contributed by atoms with Gasteiger partial charge in [0.25, 0.3) is 0 Å². The van der Waals surface area contributed by atoms with Gasteiger partial charge in [-0.3, -0.25) is 0 Å². The van der Waals surface area contributed by atoms with Crippen molar-refractivity contribution in [3.63, 3.8) is 0 Å². The van der Waals surface area contributed by atoms with Crippen molar-refractivity contribution >= 4 is 6.16 Å². The first-order valence-corrected chi connectivity index (χ1v) is 3.58. The van der Waals surface area contributed by atoms with Crippen LogP contribution in [0.5, 0.6) is 0 Å². The molecular weight excluding hydrogens is 212 g/mol. The molecule has 0 saturated heterocycles. The Kier molecular flexibility index (Phi) is 43.8. The van der Waals surface area contributed by atoms with Crippen LogP contribution in [0.4, 0.5) is 4.79 Å². The molecule has 0 bridgehead atoms. The summed E-state index contributed by atoms with van der Waals surface area (Å²) in [5.41, 5.74) is 0. The maximum Gasteiger partial charge on any atom is 0.508 e. The number of carbonyl (C=O) groups excluding carboxylic acids is 1. The molecule has 0 aromatic heterocycles. The van der Waals surface area contributed by atoms with E-state index >= 15 is 0 Å². The van der Waals surface area contributed by atoms with E-state index in [4.69, 9.17) is 9.47 Å². The van der Waals surface area contributed by atoms with Gasteiger partial charge in [-0.15, -0.1) is 0 Å². The third-order valence-corrected chi connectivity index (χ3v) is 1.05. The van der Waals surface area contributed by atoms with Crippen LogP contribution < -0.4 is 0 Å². The van der Waals surface area contributed by atoms with Gasteiger partial charge >= 0.3 is 6.16 Å². The summed E-state index contributed by atoms with van der Waals surface area (Å²) in [6.07, 6.45) is -0.689. The molecule has 0 amide bonds. The molecule has 0 atom stereocenters. The number of methoxy groups -OCH3 is 2. The van der Waals surface area contributed by atoms with Crippen LogP contribution in [-0.2, 0) is 18.9 Å². The zero-order valence-electron chi connectivity index (χ0n) is 7.37. The summed E-state index contributed by atoms with van der Waals surface area (Å²) in [6, 6.07) is 0. The Bertz CT molecular complexity index is 117. The molecule has 0 fully saturated rings. The molecule has 5 nitrogen and oxygen atoms in total. The summed E-state index contributed by atoms with van der Waals surface area (Å²) < 4.78 is 18.5. The molecule has 0 radical (unpaired) electrons. The predicted octanol–water partition coefficient (Wildman–Crippen LogP) is 2.98. The molecule has 16 heavy (non-hydrogen) atoms. The van der Waals surface area contributed by atoms with Gasteiger partial charge in [0, 0.05) is 7.11 Å². The third-order valence-electron chi connectivity index (χ3n) is 1.05. The highest BCUT2D eigenvalue weighted by Crippen LogP contribution is 1.83. The standard InChI is InChI=1S/C7H14O5.4CH4/c1-9-3-4-11-5-6-12-7(8)10-2;;;;/h3-6H2,1-2H3;4*1H4. The van der Waals surface area contributed by atoms with E-state index in [2.05, 4.69) is 9.47 Å². The Balaban J connectivity index is -0.000000101. The van der Waals surface area contributed by atoms with E-state index in [1.165, 1.54) is 7.11 Å². The lowest BCUT2D eigenvalue weighted by Crippen LogP contribution is -2.12. The summed E-state index contributed by atoms with van der Waals surface area (Å²) in [4.78, 5) is 10.4. The second-order valence-corrected chi connectivity index (χ2v) is 1.91. The van der Waals surface area contributed by atoms with Gasteiger partial charge < -0.3 is 18.9 Å². The van der Waals surface area contributed by atoms with E-state index in [0.29, 0.717) is 19.8 Å². The van der Waals surface area contributed by atoms with Crippen LogP contribution in [0, 0.1) is 0 Å². The van der Waals surface area contributed by atoms with Gasteiger partial charge in [-0.05, 0) is 0 Å². The quantitative estimate of drug-likeness (QED) is 0.529. The van der Waals surface area contributed by atoms with E-state index < -0.39 is 6.16 Å². The van der Waals surface area contributed by atoms with E-state index in [0.717, 1.165) is 0 Å². The van der Waals surface area contributed by atoms with Gasteiger partial charge in [-0.25, -0.2) is 4.79 Å². The normalized spacial score (nSPS) is 7.12. The van der Waals surface area contributed by atoms with Crippen LogP contribution in [0.3, 0.4) is 0 Å². The molecule has 104 valence electrons. The Labute approximate surface area is 101 Å². The van der Waals surface area contributed by atoms with E-state index in [9.17, 15) is 4.79 Å². The SMILES string of the molecule is C.C.C.C.COCCOCCOC(=O)OC. The zero-order chi connectivity index (χ0) is 9.23. The Hall–Kier alpha value is -0.810. The van der Waals surface area contributed by atoms with Crippen molar-refractivity contribution in [3.8, 4) is 0 Å². The van der Waals surface area contributed by atoms with Crippen molar-refractivity contribution < 1.29 is 23.7 Å². The lowest BCUT2D eigenvalue weighted by atomic mass is 10.7. The lowest BCUT2D eigenvalue weighted by Gasteiger charge is -2.03. The summed E-state index contributed by atoms with van der Waals surface area (Å²) in [5.74, 6) is 0. The number of carbonyl (C=O) groups is 1. The Morgan fingerprint density at radius 1 is 0.875 bits per heavy atom. The third kappa shape index (κ3) is 23.2. The second-order valence-electron chi connectivity index (χ2n) is 1.91. The predicted molar refractivity (Wildman–Crippen MR) is 68.0 cm³/mol. The van der Waals surface area contributed by atoms with Crippen molar-refractivity contribution in [2.24, 2.45) is 0 Å². The van der Waals surface area contributed by atoms with Crippen LogP contribution in [0.1, 0.15) is 29.7 Å². The van der Waals surface area contributed by atoms with E-state index in [1.807, 2.05) is 0 Å². The second kappa shape index (κ2) is 23.8. The van der Waals surface area contributed by atoms with Crippen LogP contribution in [0.2, 0.25) is 0 Å². The maximum absolute atomic E-state index is 10.4. The Morgan fingerprint density at radius 2 is 1.38 bits per heavy atom. The highest BCUT2D eigenvalue weighted by atomic mass is 16.7. The number of rotatable bonds is 6. The fraction of sp³-hybridized carbons (Fsp3) is 0.909. The first-order chi connectivity index (χ1) is 5.81. The van der Waals surface area contributed by atoms with E-state index in [-0.39, 0.29) is 36.3 Å². The van der Waals surface area contributed by atoms with Gasteiger partial charge in [-0.2, -0.15) is 0 Å². The number of hydrogen-bond donors (Lipinski definition) is 0. The largest absolute Gasteiger partial charge is 0.508 e. The molecule has 0 saturated carbocycles. The first-order valence-electron chi connectivity index (χ1n) is 3.58. The first kappa shape index (κ1) is 29.5. The van der Waals surface area contributed by atoms with Crippen molar-refractivity contribution in [2.75, 3.05) is 40.6 Å². The molecule has 0 aromatic carbocycles. The minimum Gasteiger partial charge on any atom is -0.438 e. The molecule has 0 aliphatic heterocycles. The zero-order valence-corrected chi connectivity index (χ0v) is 7.37. The average Bonchev–Trinajstić information content (AvgIpc) is 2.10. The van der Waals surface area contributed by atoms with Crippen LogP contribution >= 0.6 is 0 Å². The smallest absolute Gasteiger partial charge is 0.438 e. The van der Waals surface area contributed by atoms with Gasteiger partial charge in [0.05, 0.1) is 26.9 Å². The summed E-state index contributed by atoms with van der Waals surface area (Å²) in [7, 11) is 2.85. The molecule has 5 heteroatoms. The minimum absolute atomic E-state index is 0. The average molecular weight is 242 g/mol. The van der Waals surface area contributed by atoms with Crippen molar-refractivity contribution in [1.82, 2.24) is 0 Å². The molecule has 0 aliphatic carbocycles. The topological polar surface area (TPSA) is 54.0 Å². The van der Waals surface area contributed by atoms with Crippen molar-refractivity contribution in [3.05, 3.63) is 0 Å². The van der Waals surface area contributed by atoms with Crippen LogP contribution in [0.25, 0.3) is 0 Å². The summed E-state index contributed by atoms with van der Waals surface area (Å²) in [5, 5.41) is 0. The molecule has 0 spiro atoms. The highest BCUT2D eigenvalue weighted by Gasteiger charge is 1.98. The fourth-order valence-corrected chi connectivity index (χ4v) is 0.487. The number of hydrogen-bond acceptors (Lipinski definition) is 5. The lowest BCUT2D eigenvalue weighted by molar-refractivity contribution is 0.0226. The summed E-state index contributed by atoms with van der Waals surface area (Å²) >= 11 is 0. The maximum atomic E-state index is 10.4. The van der Waals surface area contributed by atoms with E-state index in [1.54, 1.807) is 7.11 Å². The monoisotopic (exact) mass is 242 g/mol. The van der Waals surface area contributed by atoms with Gasteiger partial charge in [0.15, 0.2) is 0 Å². The molecule has 0 aromatic rings. The van der Waals surface area contributed by atoms with Crippen molar-refractivity contribution in [1.29, 1.82) is 0 Å². The number of ether oxygens (including phenoxy) is 4. The molecule has 0 aliphatic rings. The summed E-state index contributed by atoms with van der Waals surface area (Å²) in [6.45, 7) is 1.61. The minimum atomic E-state index is -0.689. The van der Waals surface area contributed by atoms with Crippen LogP contribution in [-0.4, -0.2) is 46.8 Å². The van der Waals surface area contributed by atoms with Gasteiger partial charge in [0.1, 0.15) is 6.61 Å². The Morgan fingerprint density at radius 3 is 1.81 bits per heavy atom. The molecule has 0 rings (SSSR count). The molecule has 0 heterocycles. The van der Waals surface area contributed by atoms with Crippen molar-refractivity contribution in [2.45, 2.75) is 29.7 Å². The highest BCUT2D eigenvalue weighted by molar-refractivity contribution is 5.59. The van der Waals surface area contributed by atoms with Gasteiger partial charge in [0.2, 0.25) is 0 Å². The molecular formula is C11H30O5.